The van der Waals surface area contributed by atoms with Crippen molar-refractivity contribution in [3.63, 3.8) is 0 Å². The highest BCUT2D eigenvalue weighted by Gasteiger charge is 2.70. The lowest BCUT2D eigenvalue weighted by atomic mass is 9.35. The van der Waals surface area contributed by atoms with E-state index < -0.39 is 21.8 Å². The molecule has 0 bridgehead atoms. The van der Waals surface area contributed by atoms with Crippen molar-refractivity contribution in [2.45, 2.75) is 99.0 Å². The third-order valence-corrected chi connectivity index (χ3v) is 11.8. The highest BCUT2D eigenvalue weighted by molar-refractivity contribution is 6.08. The van der Waals surface area contributed by atoms with Crippen molar-refractivity contribution in [1.82, 2.24) is 10.6 Å². The maximum Gasteiger partial charge on any atom is 0.314 e. The van der Waals surface area contributed by atoms with Crippen LogP contribution in [0.15, 0.2) is 23.4 Å². The molecule has 38 heavy (non-hydrogen) atoms. The number of urea groups is 1. The summed E-state index contributed by atoms with van der Waals surface area (Å²) in [6, 6.07) is -0.198. The zero-order valence-corrected chi connectivity index (χ0v) is 24.4. The van der Waals surface area contributed by atoms with Gasteiger partial charge in [-0.25, -0.2) is 9.64 Å². The van der Waals surface area contributed by atoms with Crippen molar-refractivity contribution >= 4 is 17.6 Å². The number of fused-ring (bicyclic) bond motifs is 7. The summed E-state index contributed by atoms with van der Waals surface area (Å²) in [5.41, 5.74) is -1.07. The minimum absolute atomic E-state index is 0.0316. The molecule has 3 fully saturated rings. The van der Waals surface area contributed by atoms with Gasteiger partial charge in [-0.3, -0.25) is 4.79 Å². The third kappa shape index (κ3) is 3.32. The van der Waals surface area contributed by atoms with Crippen LogP contribution >= 0.6 is 0 Å². The van der Waals surface area contributed by atoms with Gasteiger partial charge in [0.25, 0.3) is 0 Å². The lowest BCUT2D eigenvalue weighted by Crippen LogP contribution is -2.68. The smallest absolute Gasteiger partial charge is 0.314 e. The molecule has 3 saturated carbocycles. The fourth-order valence-corrected chi connectivity index (χ4v) is 9.37. The molecular weight excluding hydrogens is 474 g/mol. The Morgan fingerprint density at radius 3 is 2.26 bits per heavy atom. The Balaban J connectivity index is 1.68. The van der Waals surface area contributed by atoms with E-state index in [9.17, 15) is 14.4 Å². The summed E-state index contributed by atoms with van der Waals surface area (Å²) in [5, 5.41) is 6.03. The summed E-state index contributed by atoms with van der Waals surface area (Å²) in [4.78, 5) is 43.9. The summed E-state index contributed by atoms with van der Waals surface area (Å²) in [5.74, 6) is 2.02. The second kappa shape index (κ2) is 8.05. The van der Waals surface area contributed by atoms with E-state index in [1.165, 1.54) is 0 Å². The predicted octanol–water partition coefficient (Wildman–Crippen LogP) is 6.16. The lowest BCUT2D eigenvalue weighted by molar-refractivity contribution is -0.133. The molecule has 5 rings (SSSR count). The maximum absolute atomic E-state index is 14.4. The summed E-state index contributed by atoms with van der Waals surface area (Å²) < 4.78 is 0. The highest BCUT2D eigenvalue weighted by atomic mass is 16.2. The Bertz CT molecular complexity index is 1220. The van der Waals surface area contributed by atoms with Crippen LogP contribution in [-0.2, 0) is 9.59 Å². The highest BCUT2D eigenvalue weighted by Crippen LogP contribution is 2.74. The van der Waals surface area contributed by atoms with E-state index in [0.29, 0.717) is 0 Å². The number of ketones is 2. The van der Waals surface area contributed by atoms with E-state index >= 15 is 0 Å². The SMILES string of the molecule is [C-]#[N+]C1=C[C@]2(C)C3=CC(=O)[C]4[C]5CC(C)(C)CC[C@]5(NC(=O)NC)CC[C@@]4(C)[C@]3(C)CC[C@H]2C(C)(C)C1=O. The molecule has 2 amide bonds. The molecule has 0 spiro atoms. The molecule has 0 aromatic heterocycles. The number of allylic oxidation sites excluding steroid dienone is 4. The van der Waals surface area contributed by atoms with E-state index in [-0.39, 0.29) is 40.0 Å². The van der Waals surface area contributed by atoms with E-state index in [0.717, 1.165) is 62.4 Å². The molecule has 204 valence electrons. The van der Waals surface area contributed by atoms with Gasteiger partial charge in [0, 0.05) is 29.3 Å². The lowest BCUT2D eigenvalue weighted by Gasteiger charge is -2.68. The van der Waals surface area contributed by atoms with Gasteiger partial charge in [0.15, 0.2) is 11.6 Å². The molecule has 0 heterocycles. The molecule has 6 nitrogen and oxygen atoms in total. The molecule has 2 radical (unpaired) electrons. The van der Waals surface area contributed by atoms with Crippen LogP contribution in [0, 0.1) is 51.4 Å². The first-order valence-corrected chi connectivity index (χ1v) is 14.2. The number of rotatable bonds is 1. The van der Waals surface area contributed by atoms with Gasteiger partial charge in [-0.1, -0.05) is 60.1 Å². The fourth-order valence-electron chi connectivity index (χ4n) is 9.37. The fraction of sp³-hybridized carbons (Fsp3) is 0.688. The van der Waals surface area contributed by atoms with Gasteiger partial charge in [0.2, 0.25) is 5.70 Å². The first kappa shape index (κ1) is 27.2. The van der Waals surface area contributed by atoms with Gasteiger partial charge in [-0.15, -0.1) is 0 Å². The summed E-state index contributed by atoms with van der Waals surface area (Å²) >= 11 is 0. The molecule has 0 unspecified atom stereocenters. The molecular formula is C32H43N3O3. The molecule has 0 saturated heterocycles. The van der Waals surface area contributed by atoms with Crippen LogP contribution < -0.4 is 10.6 Å². The average molecular weight is 518 g/mol. The number of nitrogens with zero attached hydrogens (tertiary/aromatic N) is 1. The Hall–Kier alpha value is -2.42. The first-order chi connectivity index (χ1) is 17.5. The zero-order chi connectivity index (χ0) is 28.1. The minimum Gasteiger partial charge on any atom is -0.341 e. The average Bonchev–Trinajstić information content (AvgIpc) is 2.83. The Morgan fingerprint density at radius 2 is 1.63 bits per heavy atom. The Labute approximate surface area is 228 Å². The number of carbonyl (C=O) groups excluding carboxylic acids is 3. The number of amides is 2. The van der Waals surface area contributed by atoms with Crippen LogP contribution in [0.1, 0.15) is 93.4 Å². The van der Waals surface area contributed by atoms with Crippen molar-refractivity contribution in [2.75, 3.05) is 7.05 Å². The quantitative estimate of drug-likeness (QED) is 0.409. The minimum atomic E-state index is -0.666. The molecule has 5 atom stereocenters. The Kier molecular flexibility index (Phi) is 5.76. The second-order valence-corrected chi connectivity index (χ2v) is 14.6. The summed E-state index contributed by atoms with van der Waals surface area (Å²) in [7, 11) is 1.64. The topological polar surface area (TPSA) is 79.6 Å². The molecule has 0 aliphatic heterocycles. The van der Waals surface area contributed by atoms with Gasteiger partial charge in [-0.05, 0) is 73.2 Å². The van der Waals surface area contributed by atoms with Crippen molar-refractivity contribution < 1.29 is 14.4 Å². The van der Waals surface area contributed by atoms with E-state index in [1.807, 2.05) is 26.0 Å². The number of hydrogen-bond donors (Lipinski definition) is 2. The number of hydrogen-bond acceptors (Lipinski definition) is 3. The van der Waals surface area contributed by atoms with Gasteiger partial charge in [0.1, 0.15) is 0 Å². The van der Waals surface area contributed by atoms with Crippen LogP contribution in [0.4, 0.5) is 4.79 Å². The zero-order valence-electron chi connectivity index (χ0n) is 24.4. The van der Waals surface area contributed by atoms with Crippen molar-refractivity contribution in [1.29, 1.82) is 0 Å². The van der Waals surface area contributed by atoms with Gasteiger partial charge in [-0.2, -0.15) is 0 Å². The van der Waals surface area contributed by atoms with Gasteiger partial charge < -0.3 is 15.4 Å². The largest absolute Gasteiger partial charge is 0.341 e. The van der Waals surface area contributed by atoms with Crippen LogP contribution in [0.25, 0.3) is 4.85 Å². The summed E-state index contributed by atoms with van der Waals surface area (Å²) in [6.07, 6.45) is 9.73. The third-order valence-electron chi connectivity index (χ3n) is 11.8. The molecule has 5 aliphatic rings. The number of Topliss-reactive ketones (excluding diaryl/α,β-unsaturated/α-hetero) is 1. The maximum atomic E-state index is 14.4. The first-order valence-electron chi connectivity index (χ1n) is 14.2. The second-order valence-electron chi connectivity index (χ2n) is 14.6. The molecule has 6 heteroatoms. The molecule has 5 aliphatic carbocycles. The van der Waals surface area contributed by atoms with Gasteiger partial charge in [0.05, 0.1) is 12.5 Å². The van der Waals surface area contributed by atoms with Crippen LogP contribution in [0.2, 0.25) is 0 Å². The van der Waals surface area contributed by atoms with E-state index in [2.05, 4.69) is 50.1 Å². The van der Waals surface area contributed by atoms with Crippen molar-refractivity contribution in [3.05, 3.63) is 46.7 Å². The van der Waals surface area contributed by atoms with E-state index in [4.69, 9.17) is 6.57 Å². The monoisotopic (exact) mass is 517 g/mol. The predicted molar refractivity (Wildman–Crippen MR) is 147 cm³/mol. The standard InChI is InChI=1S/C32H43N3O3/c1-27(2)12-14-32(35-26(38)34-9)15-13-31(7)24(19(32)17-27)21(36)16-23-29(5)18-20(33-8)25(37)28(3,4)22(29)10-11-30(23,31)6/h16,18,22H,10-15,17H2,1-7,9H3,(H2,34,35,38)/t22-,29-,30+,31+,32-/m0/s1. The van der Waals surface area contributed by atoms with E-state index in [1.54, 1.807) is 7.05 Å². The van der Waals surface area contributed by atoms with Crippen LogP contribution in [-0.4, -0.2) is 30.2 Å². The normalized spacial score (nSPS) is 41.8. The number of carbonyl (C=O) groups is 3. The van der Waals surface area contributed by atoms with Crippen LogP contribution in [0.3, 0.4) is 0 Å². The molecule has 2 N–H and O–H groups in total. The van der Waals surface area contributed by atoms with Crippen LogP contribution in [0.5, 0.6) is 0 Å². The van der Waals surface area contributed by atoms with Gasteiger partial charge >= 0.3 is 6.03 Å². The Morgan fingerprint density at radius 1 is 0.974 bits per heavy atom. The van der Waals surface area contributed by atoms with Crippen molar-refractivity contribution in [2.24, 2.45) is 33.0 Å². The summed E-state index contributed by atoms with van der Waals surface area (Å²) in [6.45, 7) is 22.9. The van der Waals surface area contributed by atoms with Crippen molar-refractivity contribution in [3.8, 4) is 0 Å². The molecule has 0 aromatic carbocycles. The molecule has 0 aromatic rings. The number of nitrogens with one attached hydrogen (secondary N) is 2.